The van der Waals surface area contributed by atoms with Crippen molar-refractivity contribution in [1.29, 1.82) is 10.5 Å². The molecule has 11 rings (SSSR count). The van der Waals surface area contributed by atoms with E-state index in [4.69, 9.17) is 15.0 Å². The Balaban J connectivity index is 1.12. The Labute approximate surface area is 345 Å². The van der Waals surface area contributed by atoms with Gasteiger partial charge in [-0.3, -0.25) is 0 Å². The second-order valence-electron chi connectivity index (χ2n) is 14.7. The first-order valence-electron chi connectivity index (χ1n) is 19.6. The van der Waals surface area contributed by atoms with E-state index in [-0.39, 0.29) is 0 Å². The first-order valence-corrected chi connectivity index (χ1v) is 19.6. The summed E-state index contributed by atoms with van der Waals surface area (Å²) in [7, 11) is 0. The van der Waals surface area contributed by atoms with Crippen LogP contribution in [0.5, 0.6) is 0 Å². The maximum atomic E-state index is 10.9. The van der Waals surface area contributed by atoms with Gasteiger partial charge in [0.1, 0.15) is 6.07 Å². The third-order valence-electron chi connectivity index (χ3n) is 11.2. The van der Waals surface area contributed by atoms with Crippen LogP contribution in [0.3, 0.4) is 0 Å². The number of hydrogen-bond acceptors (Lipinski definition) is 5. The highest BCUT2D eigenvalue weighted by atomic mass is 15.0. The molecule has 0 saturated heterocycles. The van der Waals surface area contributed by atoms with Gasteiger partial charge in [0.2, 0.25) is 0 Å². The standard InChI is InChI=1S/C53H31N7/c54-32-34-12-11-17-38(30-34)35-22-25-41(26-23-35)59-47-21-10-8-19-44(47)49-48(59)29-27-43-42-18-7-9-20-46(42)60(50(43)49)45-28-24-39(31-40(45)33-55)53-57-51(36-13-3-1-4-14-36)56-52(58-53)37-15-5-2-6-16-37/h1-31H. The van der Waals surface area contributed by atoms with Crippen molar-refractivity contribution in [2.75, 3.05) is 0 Å². The van der Waals surface area contributed by atoms with Gasteiger partial charge in [0.05, 0.1) is 45.0 Å². The van der Waals surface area contributed by atoms with Crippen LogP contribution in [0.2, 0.25) is 0 Å². The van der Waals surface area contributed by atoms with Crippen molar-refractivity contribution in [2.24, 2.45) is 0 Å². The quantitative estimate of drug-likeness (QED) is 0.168. The van der Waals surface area contributed by atoms with Crippen molar-refractivity contribution in [3.05, 3.63) is 199 Å². The first kappa shape index (κ1) is 34.6. The molecule has 3 heterocycles. The van der Waals surface area contributed by atoms with Gasteiger partial charge < -0.3 is 9.13 Å². The van der Waals surface area contributed by atoms with Crippen LogP contribution in [-0.2, 0) is 0 Å². The molecular weight excluding hydrogens is 735 g/mol. The Morgan fingerprint density at radius 2 is 0.967 bits per heavy atom. The van der Waals surface area contributed by atoms with Gasteiger partial charge in [-0.15, -0.1) is 0 Å². The molecule has 8 aromatic carbocycles. The highest BCUT2D eigenvalue weighted by Crippen LogP contribution is 2.43. The lowest BCUT2D eigenvalue weighted by molar-refractivity contribution is 1.07. The highest BCUT2D eigenvalue weighted by molar-refractivity contribution is 6.26. The summed E-state index contributed by atoms with van der Waals surface area (Å²) in [6, 6.07) is 68.0. The minimum atomic E-state index is 0.488. The van der Waals surface area contributed by atoms with E-state index < -0.39 is 0 Å². The van der Waals surface area contributed by atoms with E-state index in [1.54, 1.807) is 0 Å². The summed E-state index contributed by atoms with van der Waals surface area (Å²) >= 11 is 0. The number of nitrogens with zero attached hydrogens (tertiary/aromatic N) is 7. The Kier molecular flexibility index (Phi) is 8.11. The van der Waals surface area contributed by atoms with Crippen LogP contribution >= 0.6 is 0 Å². The number of benzene rings is 8. The van der Waals surface area contributed by atoms with E-state index in [0.29, 0.717) is 28.6 Å². The third kappa shape index (κ3) is 5.61. The SMILES string of the molecule is N#Cc1cccc(-c2ccc(-n3c4ccccc4c4c3ccc3c5ccccc5n(-c5ccc(-c6nc(-c7ccccc7)nc(-c7ccccc7)n6)cc5C#N)c34)cc2)c1. The second-order valence-corrected chi connectivity index (χ2v) is 14.7. The molecule has 0 saturated carbocycles. The van der Waals surface area contributed by atoms with Crippen LogP contribution in [0.1, 0.15) is 11.1 Å². The van der Waals surface area contributed by atoms with Crippen molar-refractivity contribution in [1.82, 2.24) is 24.1 Å². The molecule has 11 aromatic rings. The lowest BCUT2D eigenvalue weighted by atomic mass is 10.0. The third-order valence-corrected chi connectivity index (χ3v) is 11.2. The van der Waals surface area contributed by atoms with E-state index in [2.05, 4.69) is 100 Å². The van der Waals surface area contributed by atoms with Crippen LogP contribution in [0.15, 0.2) is 188 Å². The topological polar surface area (TPSA) is 96.1 Å². The van der Waals surface area contributed by atoms with Gasteiger partial charge in [-0.2, -0.15) is 10.5 Å². The summed E-state index contributed by atoms with van der Waals surface area (Å²) in [6.07, 6.45) is 0. The van der Waals surface area contributed by atoms with E-state index in [0.717, 1.165) is 82.8 Å². The minimum Gasteiger partial charge on any atom is -0.309 e. The molecule has 0 aliphatic carbocycles. The molecule has 3 aromatic heterocycles. The Hall–Kier alpha value is -8.65. The lowest BCUT2D eigenvalue weighted by Gasteiger charge is -2.13. The molecule has 0 bridgehead atoms. The number of hydrogen-bond donors (Lipinski definition) is 0. The molecular formula is C53H31N7. The molecule has 0 spiro atoms. The highest BCUT2D eigenvalue weighted by Gasteiger charge is 2.23. The number of nitriles is 2. The van der Waals surface area contributed by atoms with Crippen LogP contribution in [0.4, 0.5) is 0 Å². The molecule has 7 nitrogen and oxygen atoms in total. The molecule has 0 amide bonds. The largest absolute Gasteiger partial charge is 0.309 e. The predicted molar refractivity (Wildman–Crippen MR) is 240 cm³/mol. The average molecular weight is 766 g/mol. The summed E-state index contributed by atoms with van der Waals surface area (Å²) in [5.41, 5.74) is 11.6. The van der Waals surface area contributed by atoms with Crippen molar-refractivity contribution in [2.45, 2.75) is 0 Å². The minimum absolute atomic E-state index is 0.488. The fourth-order valence-corrected chi connectivity index (χ4v) is 8.51. The molecule has 7 heteroatoms. The number of rotatable bonds is 6. The zero-order valence-corrected chi connectivity index (χ0v) is 32.0. The zero-order valence-electron chi connectivity index (χ0n) is 32.0. The van der Waals surface area contributed by atoms with Crippen molar-refractivity contribution in [3.8, 4) is 68.8 Å². The van der Waals surface area contributed by atoms with Crippen LogP contribution < -0.4 is 0 Å². The molecule has 278 valence electrons. The molecule has 0 radical (unpaired) electrons. The summed E-state index contributed by atoms with van der Waals surface area (Å²) in [5, 5.41) is 24.8. The van der Waals surface area contributed by atoms with Crippen molar-refractivity contribution >= 4 is 43.6 Å². The molecule has 60 heavy (non-hydrogen) atoms. The van der Waals surface area contributed by atoms with Crippen LogP contribution in [-0.4, -0.2) is 24.1 Å². The molecule has 0 unspecified atom stereocenters. The molecule has 0 aliphatic rings. The average Bonchev–Trinajstić information content (AvgIpc) is 3.85. The molecule has 0 N–H and O–H groups in total. The van der Waals surface area contributed by atoms with E-state index in [1.807, 2.05) is 109 Å². The summed E-state index contributed by atoms with van der Waals surface area (Å²) in [5.74, 6) is 1.61. The summed E-state index contributed by atoms with van der Waals surface area (Å²) in [6.45, 7) is 0. The van der Waals surface area contributed by atoms with Gasteiger partial charge in [-0.25, -0.2) is 15.0 Å². The fourth-order valence-electron chi connectivity index (χ4n) is 8.51. The van der Waals surface area contributed by atoms with E-state index in [9.17, 15) is 10.5 Å². The monoisotopic (exact) mass is 765 g/mol. The van der Waals surface area contributed by atoms with Crippen LogP contribution in [0.25, 0.3) is 100 Å². The predicted octanol–water partition coefficient (Wildman–Crippen LogP) is 12.5. The zero-order chi connectivity index (χ0) is 40.2. The summed E-state index contributed by atoms with van der Waals surface area (Å²) in [4.78, 5) is 14.8. The number of para-hydroxylation sites is 2. The maximum absolute atomic E-state index is 10.9. The van der Waals surface area contributed by atoms with Gasteiger partial charge in [-0.05, 0) is 71.8 Å². The van der Waals surface area contributed by atoms with E-state index >= 15 is 0 Å². The van der Waals surface area contributed by atoms with Gasteiger partial charge in [-0.1, -0.05) is 127 Å². The first-order chi connectivity index (χ1) is 29.7. The normalized spacial score (nSPS) is 11.3. The Morgan fingerprint density at radius 3 is 1.63 bits per heavy atom. The smallest absolute Gasteiger partial charge is 0.164 e. The van der Waals surface area contributed by atoms with Crippen molar-refractivity contribution in [3.63, 3.8) is 0 Å². The number of fused-ring (bicyclic) bond motifs is 7. The Bertz CT molecular complexity index is 3490. The lowest BCUT2D eigenvalue weighted by Crippen LogP contribution is -2.02. The molecule has 0 fully saturated rings. The van der Waals surface area contributed by atoms with Gasteiger partial charge in [0.15, 0.2) is 17.5 Å². The van der Waals surface area contributed by atoms with Crippen molar-refractivity contribution < 1.29 is 0 Å². The van der Waals surface area contributed by atoms with Crippen LogP contribution in [0, 0.1) is 22.7 Å². The summed E-state index contributed by atoms with van der Waals surface area (Å²) < 4.78 is 4.56. The second kappa shape index (κ2) is 14.1. The molecule has 0 atom stereocenters. The van der Waals surface area contributed by atoms with Gasteiger partial charge in [0.25, 0.3) is 0 Å². The number of aromatic nitrogens is 5. The van der Waals surface area contributed by atoms with Gasteiger partial charge >= 0.3 is 0 Å². The van der Waals surface area contributed by atoms with E-state index in [1.165, 1.54) is 0 Å². The maximum Gasteiger partial charge on any atom is 0.164 e. The Morgan fingerprint density at radius 1 is 0.383 bits per heavy atom. The van der Waals surface area contributed by atoms with Gasteiger partial charge in [0, 0.05) is 43.9 Å². The fraction of sp³-hybridized carbons (Fsp3) is 0. The molecule has 0 aliphatic heterocycles.